The zero-order valence-corrected chi connectivity index (χ0v) is 20.5. The molecule has 186 valence electrons. The highest BCUT2D eigenvalue weighted by molar-refractivity contribution is 8.16. The zero-order valence-electron chi connectivity index (χ0n) is 19.7. The first-order chi connectivity index (χ1) is 17.4. The van der Waals surface area contributed by atoms with E-state index in [9.17, 15) is 19.5 Å². The first-order valence-corrected chi connectivity index (χ1v) is 12.3. The Bertz CT molecular complexity index is 1220. The normalized spacial score (nSPS) is 17.9. The molecule has 8 nitrogen and oxygen atoms in total. The van der Waals surface area contributed by atoms with Gasteiger partial charge in [0.15, 0.2) is 0 Å². The second kappa shape index (κ2) is 11.4. The fourth-order valence-electron chi connectivity index (χ4n) is 3.68. The molecule has 4 rings (SSSR count). The van der Waals surface area contributed by atoms with Gasteiger partial charge in [-0.3, -0.25) is 19.9 Å². The monoisotopic (exact) mass is 506 g/mol. The van der Waals surface area contributed by atoms with Crippen LogP contribution in [-0.4, -0.2) is 38.6 Å². The van der Waals surface area contributed by atoms with Gasteiger partial charge >= 0.3 is 5.97 Å². The summed E-state index contributed by atoms with van der Waals surface area (Å²) in [6.45, 7) is 2.04. The third-order valence-corrected chi connectivity index (χ3v) is 6.91. The Morgan fingerprint density at radius 1 is 1.03 bits per heavy atom. The van der Waals surface area contributed by atoms with Crippen LogP contribution in [0.2, 0.25) is 0 Å². The van der Waals surface area contributed by atoms with Crippen molar-refractivity contribution in [2.24, 2.45) is 0 Å². The Balaban J connectivity index is 1.39. The van der Waals surface area contributed by atoms with Gasteiger partial charge in [-0.15, -0.1) is 0 Å². The molecule has 2 N–H and O–H groups in total. The van der Waals surface area contributed by atoms with Crippen LogP contribution in [0.25, 0.3) is 0 Å². The molecule has 1 aliphatic heterocycles. The lowest BCUT2D eigenvalue weighted by Gasteiger charge is -2.22. The highest BCUT2D eigenvalue weighted by atomic mass is 32.2. The molecule has 1 unspecified atom stereocenters. The Morgan fingerprint density at radius 2 is 1.75 bits per heavy atom. The van der Waals surface area contributed by atoms with E-state index in [2.05, 4.69) is 10.3 Å². The lowest BCUT2D eigenvalue weighted by Crippen LogP contribution is -2.46. The summed E-state index contributed by atoms with van der Waals surface area (Å²) in [5.41, 5.74) is 3.03. The predicted molar refractivity (Wildman–Crippen MR) is 134 cm³/mol. The van der Waals surface area contributed by atoms with E-state index in [1.807, 2.05) is 31.2 Å². The van der Waals surface area contributed by atoms with Gasteiger partial charge in [-0.05, 0) is 53.1 Å². The SMILES string of the molecule is CCc1ccc(C(O)COc2ccc(C[C@]3(C(=O)OCc4ccccc4)SC(=O)NC3=O)cc2)nc1. The van der Waals surface area contributed by atoms with Gasteiger partial charge < -0.3 is 14.6 Å². The molecule has 2 heterocycles. The molecule has 9 heteroatoms. The zero-order chi connectivity index (χ0) is 25.5. The number of aromatic nitrogens is 1. The maximum Gasteiger partial charge on any atom is 0.333 e. The van der Waals surface area contributed by atoms with Gasteiger partial charge in [0.2, 0.25) is 4.75 Å². The third kappa shape index (κ3) is 5.92. The number of pyridine rings is 1. The van der Waals surface area contributed by atoms with E-state index in [1.165, 1.54) is 0 Å². The molecule has 2 atom stereocenters. The smallest absolute Gasteiger partial charge is 0.333 e. The number of ether oxygens (including phenoxy) is 2. The summed E-state index contributed by atoms with van der Waals surface area (Å²) in [6, 6.07) is 19.6. The van der Waals surface area contributed by atoms with E-state index in [-0.39, 0.29) is 19.6 Å². The maximum atomic E-state index is 13.0. The molecule has 1 aromatic heterocycles. The van der Waals surface area contributed by atoms with Crippen LogP contribution in [0.1, 0.15) is 35.4 Å². The van der Waals surface area contributed by atoms with Crippen LogP contribution in [-0.2, 0) is 33.8 Å². The van der Waals surface area contributed by atoms with Gasteiger partial charge in [-0.1, -0.05) is 55.5 Å². The molecular weight excluding hydrogens is 480 g/mol. The minimum atomic E-state index is -1.71. The van der Waals surface area contributed by atoms with Crippen molar-refractivity contribution in [3.63, 3.8) is 0 Å². The topological polar surface area (TPSA) is 115 Å². The number of imide groups is 1. The van der Waals surface area contributed by atoms with Gasteiger partial charge in [0, 0.05) is 12.6 Å². The number of hydrogen-bond acceptors (Lipinski definition) is 8. The van der Waals surface area contributed by atoms with E-state index in [0.29, 0.717) is 28.8 Å². The van der Waals surface area contributed by atoms with Gasteiger partial charge in [0.25, 0.3) is 11.1 Å². The van der Waals surface area contributed by atoms with Crippen molar-refractivity contribution in [2.75, 3.05) is 6.61 Å². The third-order valence-electron chi connectivity index (χ3n) is 5.77. The number of thioether (sulfide) groups is 1. The highest BCUT2D eigenvalue weighted by Gasteiger charge is 2.55. The van der Waals surface area contributed by atoms with Crippen LogP contribution < -0.4 is 10.1 Å². The van der Waals surface area contributed by atoms with E-state index in [0.717, 1.165) is 17.5 Å². The summed E-state index contributed by atoms with van der Waals surface area (Å²) in [5.74, 6) is -0.964. The van der Waals surface area contributed by atoms with E-state index >= 15 is 0 Å². The molecule has 0 bridgehead atoms. The molecule has 0 radical (unpaired) electrons. The van der Waals surface area contributed by atoms with E-state index in [1.54, 1.807) is 48.7 Å². The molecule has 1 aliphatic rings. The van der Waals surface area contributed by atoms with Gasteiger partial charge in [-0.25, -0.2) is 4.79 Å². The molecular formula is C27H26N2O6S. The quantitative estimate of drug-likeness (QED) is 0.316. The molecule has 0 aliphatic carbocycles. The number of nitrogens with zero attached hydrogens (tertiary/aromatic N) is 1. The van der Waals surface area contributed by atoms with Crippen molar-refractivity contribution in [3.8, 4) is 5.75 Å². The van der Waals surface area contributed by atoms with Crippen molar-refractivity contribution in [2.45, 2.75) is 37.2 Å². The van der Waals surface area contributed by atoms with Crippen molar-refractivity contribution in [3.05, 3.63) is 95.3 Å². The summed E-state index contributed by atoms with van der Waals surface area (Å²) in [4.78, 5) is 41.9. The molecule has 0 saturated carbocycles. The number of carbonyl (C=O) groups is 3. The van der Waals surface area contributed by atoms with E-state index < -0.39 is 28.0 Å². The lowest BCUT2D eigenvalue weighted by molar-refractivity contribution is -0.150. The van der Waals surface area contributed by atoms with Crippen molar-refractivity contribution >= 4 is 28.9 Å². The number of benzene rings is 2. The van der Waals surface area contributed by atoms with Crippen LogP contribution in [0.5, 0.6) is 5.75 Å². The van der Waals surface area contributed by atoms with Crippen LogP contribution in [0.3, 0.4) is 0 Å². The molecule has 0 spiro atoms. The molecule has 1 saturated heterocycles. The number of hydrogen-bond donors (Lipinski definition) is 2. The van der Waals surface area contributed by atoms with Crippen molar-refractivity contribution in [1.82, 2.24) is 10.3 Å². The second-order valence-electron chi connectivity index (χ2n) is 8.32. The number of aryl methyl sites for hydroxylation is 1. The number of aliphatic hydroxyl groups excluding tert-OH is 1. The van der Waals surface area contributed by atoms with Gasteiger partial charge in [-0.2, -0.15) is 0 Å². The Kier molecular flexibility index (Phi) is 8.02. The summed E-state index contributed by atoms with van der Waals surface area (Å²) in [7, 11) is 0. The maximum absolute atomic E-state index is 13.0. The fourth-order valence-corrected chi connectivity index (χ4v) is 4.67. The Labute approximate surface area is 213 Å². The highest BCUT2D eigenvalue weighted by Crippen LogP contribution is 2.37. The largest absolute Gasteiger partial charge is 0.490 e. The summed E-state index contributed by atoms with van der Waals surface area (Å²) >= 11 is 0.632. The van der Waals surface area contributed by atoms with Crippen molar-refractivity contribution in [1.29, 1.82) is 0 Å². The number of aliphatic hydroxyl groups is 1. The fraction of sp³-hybridized carbons (Fsp3) is 0.259. The minimum absolute atomic E-state index is 0.00537. The van der Waals surface area contributed by atoms with Gasteiger partial charge in [0.05, 0.1) is 5.69 Å². The molecule has 2 aromatic carbocycles. The number of esters is 1. The number of nitrogens with one attached hydrogen (secondary N) is 1. The Hall–Kier alpha value is -3.69. The summed E-state index contributed by atoms with van der Waals surface area (Å²) in [5, 5.41) is 12.0. The Morgan fingerprint density at radius 3 is 2.36 bits per heavy atom. The molecule has 3 aromatic rings. The second-order valence-corrected chi connectivity index (χ2v) is 9.60. The molecule has 1 fully saturated rings. The van der Waals surface area contributed by atoms with E-state index in [4.69, 9.17) is 9.47 Å². The summed E-state index contributed by atoms with van der Waals surface area (Å²) in [6.07, 6.45) is 1.69. The summed E-state index contributed by atoms with van der Waals surface area (Å²) < 4.78 is 9.39. The predicted octanol–water partition coefficient (Wildman–Crippen LogP) is 3.76. The number of amides is 2. The average molecular weight is 507 g/mol. The van der Waals surface area contributed by atoms with Crippen LogP contribution in [0.4, 0.5) is 4.79 Å². The van der Waals surface area contributed by atoms with Crippen LogP contribution in [0, 0.1) is 0 Å². The van der Waals surface area contributed by atoms with Crippen LogP contribution in [0.15, 0.2) is 72.9 Å². The number of carbonyl (C=O) groups excluding carboxylic acids is 3. The first kappa shape index (κ1) is 25.4. The first-order valence-electron chi connectivity index (χ1n) is 11.5. The molecule has 36 heavy (non-hydrogen) atoms. The average Bonchev–Trinajstić information content (AvgIpc) is 3.20. The van der Waals surface area contributed by atoms with Crippen LogP contribution >= 0.6 is 11.8 Å². The van der Waals surface area contributed by atoms with Gasteiger partial charge in [0.1, 0.15) is 25.1 Å². The molecule has 2 amide bonds. The van der Waals surface area contributed by atoms with Crippen molar-refractivity contribution < 1.29 is 29.0 Å². The standard InChI is InChI=1S/C27H26N2O6S/c1-2-18-10-13-22(28-15-18)23(30)17-34-21-11-8-19(9-12-21)14-27(24(31)29-26(33)36-27)25(32)35-16-20-6-4-3-5-7-20/h3-13,15,23,30H,2,14,16-17H2,1H3,(H,29,31,33)/t23?,27-/m0/s1. The lowest BCUT2D eigenvalue weighted by atomic mass is 9.97. The minimum Gasteiger partial charge on any atom is -0.490 e. The number of rotatable bonds is 10.